The smallest absolute Gasteiger partial charge is 0.319 e. The summed E-state index contributed by atoms with van der Waals surface area (Å²) in [5.74, 6) is 0.661. The summed E-state index contributed by atoms with van der Waals surface area (Å²) in [7, 11) is -3.97. The van der Waals surface area contributed by atoms with E-state index in [0.717, 1.165) is 11.1 Å². The number of hydrogen-bond donors (Lipinski definition) is 8. The summed E-state index contributed by atoms with van der Waals surface area (Å²) < 4.78 is 31.3. The standard InChI is InChI=1S/C37H41N13O8S/c1-2-50-46-33(45-47-50)31-29(53)30(54)35(58-31)49-19-40-28-32(39-17-27(20-6-10-24(51)11-7-20)21-8-12-25(52)13-9-21)43-36(44-34(28)49)48-15-14-23(18-48)42-37(55)41-22-4-3-5-26(16-22)59(38,56)57/h3-13,16,19,23,27,29-31,35,51-54H,2,14-15,17-18H2,1H3,(H2,38,56,57)(H,39,43,44)(H2,41,42,55)/t23-,29-,30+,31-,35+/m0/s1. The van der Waals surface area contributed by atoms with Crippen LogP contribution >= 0.6 is 0 Å². The molecule has 2 aliphatic rings. The first-order valence-electron chi connectivity index (χ1n) is 18.7. The first-order valence-corrected chi connectivity index (χ1v) is 20.2. The summed E-state index contributed by atoms with van der Waals surface area (Å²) in [4.78, 5) is 30.5. The molecular weight excluding hydrogens is 787 g/mol. The van der Waals surface area contributed by atoms with Crippen molar-refractivity contribution in [2.45, 2.75) is 61.3 Å². The number of sulfonamides is 1. The zero-order chi connectivity index (χ0) is 41.4. The summed E-state index contributed by atoms with van der Waals surface area (Å²) in [6.07, 6.45) is -3.13. The predicted octanol–water partition coefficient (Wildman–Crippen LogP) is 1.53. The minimum absolute atomic E-state index is 0.106. The van der Waals surface area contributed by atoms with Crippen molar-refractivity contribution in [1.82, 2.24) is 45.0 Å². The summed E-state index contributed by atoms with van der Waals surface area (Å²) in [6, 6.07) is 18.3. The average molecular weight is 828 g/mol. The number of aryl methyl sites for hydroxylation is 1. The van der Waals surface area contributed by atoms with Gasteiger partial charge in [-0.3, -0.25) is 4.57 Å². The van der Waals surface area contributed by atoms with Crippen molar-refractivity contribution >= 4 is 44.7 Å². The van der Waals surface area contributed by atoms with Gasteiger partial charge in [-0.15, -0.1) is 10.2 Å². The van der Waals surface area contributed by atoms with Crippen LogP contribution in [0, 0.1) is 0 Å². The number of aliphatic hydroxyl groups is 2. The number of anilines is 3. The van der Waals surface area contributed by atoms with Gasteiger partial charge in [0.1, 0.15) is 23.7 Å². The lowest BCUT2D eigenvalue weighted by Crippen LogP contribution is -2.40. The number of benzene rings is 3. The number of carbonyl (C=O) groups is 1. The van der Waals surface area contributed by atoms with Gasteiger partial charge < -0.3 is 46.0 Å². The Bertz CT molecular complexity index is 2530. The number of urea groups is 1. The monoisotopic (exact) mass is 827 g/mol. The number of amides is 2. The highest BCUT2D eigenvalue weighted by Crippen LogP contribution is 2.39. The first-order chi connectivity index (χ1) is 28.3. The maximum Gasteiger partial charge on any atom is 0.319 e. The lowest BCUT2D eigenvalue weighted by atomic mass is 9.91. The fourth-order valence-corrected chi connectivity index (χ4v) is 7.72. The van der Waals surface area contributed by atoms with E-state index < -0.39 is 40.6 Å². The largest absolute Gasteiger partial charge is 0.508 e. The van der Waals surface area contributed by atoms with Crippen LogP contribution in [0.2, 0.25) is 0 Å². The number of rotatable bonds is 12. The van der Waals surface area contributed by atoms with Crippen LogP contribution in [-0.4, -0.2) is 112 Å². The van der Waals surface area contributed by atoms with E-state index in [-0.39, 0.29) is 58.0 Å². The van der Waals surface area contributed by atoms with Crippen molar-refractivity contribution in [3.63, 3.8) is 0 Å². The number of aliphatic hydroxyl groups excluding tert-OH is 2. The summed E-state index contributed by atoms with van der Waals surface area (Å²) in [5.41, 5.74) is 2.60. The second-order valence-corrected chi connectivity index (χ2v) is 15.7. The molecule has 2 fully saturated rings. The average Bonchev–Trinajstić information content (AvgIpc) is 4.03. The first kappa shape index (κ1) is 39.4. The van der Waals surface area contributed by atoms with Gasteiger partial charge >= 0.3 is 6.03 Å². The number of nitrogens with two attached hydrogens (primary N) is 1. The molecule has 2 amide bonds. The molecule has 8 rings (SSSR count). The van der Waals surface area contributed by atoms with Crippen LogP contribution in [0.3, 0.4) is 0 Å². The van der Waals surface area contributed by atoms with Gasteiger partial charge in [0.2, 0.25) is 21.8 Å². The number of aromatic hydroxyl groups is 2. The number of tetrazole rings is 1. The number of fused-ring (bicyclic) bond motifs is 1. The van der Waals surface area contributed by atoms with Crippen molar-refractivity contribution in [1.29, 1.82) is 0 Å². The molecule has 0 unspecified atom stereocenters. The van der Waals surface area contributed by atoms with Crippen LogP contribution in [0.1, 0.15) is 48.5 Å². The predicted molar refractivity (Wildman–Crippen MR) is 211 cm³/mol. The van der Waals surface area contributed by atoms with Crippen molar-refractivity contribution in [2.75, 3.05) is 35.2 Å². The van der Waals surface area contributed by atoms with E-state index >= 15 is 0 Å². The Hall–Kier alpha value is -6.46. The van der Waals surface area contributed by atoms with Crippen LogP contribution in [-0.2, 0) is 21.3 Å². The van der Waals surface area contributed by atoms with E-state index in [1.165, 1.54) is 33.9 Å². The van der Waals surface area contributed by atoms with Gasteiger partial charge in [0, 0.05) is 37.3 Å². The van der Waals surface area contributed by atoms with Crippen molar-refractivity contribution in [2.24, 2.45) is 5.14 Å². The molecular formula is C37H41N13O8S. The van der Waals surface area contributed by atoms with Gasteiger partial charge in [0.05, 0.1) is 17.8 Å². The topological polar surface area (TPSA) is 294 Å². The molecule has 0 radical (unpaired) electrons. The van der Waals surface area contributed by atoms with Crippen molar-refractivity contribution in [3.05, 3.63) is 96.1 Å². The number of aromatic nitrogens is 8. The third-order valence-corrected chi connectivity index (χ3v) is 11.1. The molecule has 0 bridgehead atoms. The minimum Gasteiger partial charge on any atom is -0.508 e. The molecule has 2 aliphatic heterocycles. The Balaban J connectivity index is 1.09. The number of nitrogens with zero attached hydrogens (tertiary/aromatic N) is 9. The van der Waals surface area contributed by atoms with E-state index in [4.69, 9.17) is 19.8 Å². The van der Waals surface area contributed by atoms with E-state index in [1.54, 1.807) is 30.3 Å². The number of phenolic OH excluding ortho intramolecular Hbond substituents is 2. The highest BCUT2D eigenvalue weighted by atomic mass is 32.2. The van der Waals surface area contributed by atoms with E-state index in [9.17, 15) is 33.6 Å². The fourth-order valence-electron chi connectivity index (χ4n) is 7.17. The second-order valence-electron chi connectivity index (χ2n) is 14.2. The molecule has 2 saturated heterocycles. The molecule has 5 heterocycles. The Kier molecular flexibility index (Phi) is 10.7. The summed E-state index contributed by atoms with van der Waals surface area (Å²) >= 11 is 0. The minimum atomic E-state index is -3.97. The number of carbonyl (C=O) groups excluding carboxylic acids is 1. The van der Waals surface area contributed by atoms with Crippen LogP contribution in [0.15, 0.2) is 84.0 Å². The molecule has 59 heavy (non-hydrogen) atoms. The SMILES string of the molecule is CCn1nnc([C@H]2O[C@@H](n3cnc4c(NCC(c5ccc(O)cc5)c5ccc(O)cc5)nc(N5CC[C@H](NC(=O)Nc6cccc(S(N)(=O)=O)c6)C5)nc43)[C@H](O)[C@@H]2O)n1. The second kappa shape index (κ2) is 16.1. The number of nitrogens with one attached hydrogen (secondary N) is 3. The molecule has 21 nitrogen and oxygen atoms in total. The number of primary sulfonamides is 1. The maximum atomic E-state index is 13.0. The molecule has 308 valence electrons. The molecule has 0 spiro atoms. The molecule has 5 atom stereocenters. The van der Waals surface area contributed by atoms with E-state index in [1.807, 2.05) is 36.1 Å². The Morgan fingerprint density at radius 2 is 1.71 bits per heavy atom. The third-order valence-electron chi connectivity index (χ3n) is 10.2. The quantitative estimate of drug-likeness (QED) is 0.0868. The molecule has 0 aliphatic carbocycles. The van der Waals surface area contributed by atoms with Crippen LogP contribution in [0.25, 0.3) is 11.2 Å². The number of hydrogen-bond acceptors (Lipinski definition) is 16. The molecule has 9 N–H and O–H groups in total. The number of imidazole rings is 1. The van der Waals surface area contributed by atoms with Crippen molar-refractivity contribution < 1.29 is 38.4 Å². The van der Waals surface area contributed by atoms with Crippen LogP contribution in [0.4, 0.5) is 22.2 Å². The number of ether oxygens (including phenoxy) is 1. The van der Waals surface area contributed by atoms with Gasteiger partial charge in [-0.05, 0) is 72.1 Å². The zero-order valence-electron chi connectivity index (χ0n) is 31.4. The fraction of sp³-hybridized carbons (Fsp3) is 0.324. The summed E-state index contributed by atoms with van der Waals surface area (Å²) in [6.45, 7) is 3.30. The van der Waals surface area contributed by atoms with Gasteiger partial charge in [-0.25, -0.2) is 23.3 Å². The molecule has 0 saturated carbocycles. The maximum absolute atomic E-state index is 13.0. The van der Waals surface area contributed by atoms with Gasteiger partial charge in [-0.2, -0.15) is 14.8 Å². The summed E-state index contributed by atoms with van der Waals surface area (Å²) in [5, 5.41) is 68.9. The normalized spacial score (nSPS) is 20.7. The molecule has 22 heteroatoms. The Morgan fingerprint density at radius 1 is 1.00 bits per heavy atom. The molecule has 3 aromatic carbocycles. The molecule has 6 aromatic rings. The van der Waals surface area contributed by atoms with Gasteiger partial charge in [0.25, 0.3) is 0 Å². The van der Waals surface area contributed by atoms with Gasteiger partial charge in [0.15, 0.2) is 29.3 Å². The lowest BCUT2D eigenvalue weighted by Gasteiger charge is -2.22. The third kappa shape index (κ3) is 8.29. The van der Waals surface area contributed by atoms with Gasteiger partial charge in [-0.1, -0.05) is 30.3 Å². The van der Waals surface area contributed by atoms with Crippen molar-refractivity contribution in [3.8, 4) is 11.5 Å². The van der Waals surface area contributed by atoms with E-state index in [0.29, 0.717) is 37.4 Å². The van der Waals surface area contributed by atoms with E-state index in [2.05, 4.69) is 36.3 Å². The Labute approximate surface area is 336 Å². The molecule has 3 aromatic heterocycles. The number of phenols is 2. The lowest BCUT2D eigenvalue weighted by molar-refractivity contribution is -0.0384. The Morgan fingerprint density at radius 3 is 2.37 bits per heavy atom. The van der Waals surface area contributed by atoms with Crippen LogP contribution in [0.5, 0.6) is 11.5 Å². The highest BCUT2D eigenvalue weighted by molar-refractivity contribution is 7.89. The van der Waals surface area contributed by atoms with Crippen LogP contribution < -0.4 is 26.0 Å². The zero-order valence-corrected chi connectivity index (χ0v) is 32.3. The highest BCUT2D eigenvalue weighted by Gasteiger charge is 2.47.